The van der Waals surface area contributed by atoms with Gasteiger partial charge in [0.05, 0.1) is 13.2 Å². The first-order valence-electron chi connectivity index (χ1n) is 10.1. The predicted octanol–water partition coefficient (Wildman–Crippen LogP) is 3.32. The molecular weight excluding hydrogens is 340 g/mol. The lowest BCUT2D eigenvalue weighted by atomic mass is 9.66. The van der Waals surface area contributed by atoms with E-state index in [1.54, 1.807) is 0 Å². The highest BCUT2D eigenvalue weighted by molar-refractivity contribution is 5.73. The third-order valence-corrected chi connectivity index (χ3v) is 6.08. The van der Waals surface area contributed by atoms with Crippen molar-refractivity contribution in [2.75, 3.05) is 37.7 Å². The van der Waals surface area contributed by atoms with Crippen molar-refractivity contribution in [3.8, 4) is 0 Å². The summed E-state index contributed by atoms with van der Waals surface area (Å²) >= 11 is 0. The maximum Gasteiger partial charge on any atom is 0.315 e. The first-order chi connectivity index (χ1) is 12.9. The van der Waals surface area contributed by atoms with Gasteiger partial charge in [-0.2, -0.15) is 0 Å². The zero-order valence-electron chi connectivity index (χ0n) is 17.0. The van der Waals surface area contributed by atoms with Crippen LogP contribution in [0.2, 0.25) is 0 Å². The topological polar surface area (TPSA) is 66.5 Å². The second-order valence-electron chi connectivity index (χ2n) is 9.14. The van der Waals surface area contributed by atoms with Crippen LogP contribution >= 0.6 is 0 Å². The Morgan fingerprint density at radius 1 is 1.11 bits per heavy atom. The molecule has 2 fully saturated rings. The van der Waals surface area contributed by atoms with Gasteiger partial charge in [0.1, 0.15) is 5.82 Å². The molecule has 1 aromatic heterocycles. The predicted molar refractivity (Wildman–Crippen MR) is 108 cm³/mol. The molecule has 0 spiro atoms. The van der Waals surface area contributed by atoms with E-state index < -0.39 is 0 Å². The molecule has 3 rings (SSSR count). The number of ether oxygens (including phenoxy) is 1. The number of nitrogens with zero attached hydrogens (tertiary/aromatic N) is 2. The molecule has 1 aliphatic heterocycles. The largest absolute Gasteiger partial charge is 0.378 e. The fraction of sp³-hybridized carbons (Fsp3) is 0.714. The van der Waals surface area contributed by atoms with Crippen molar-refractivity contribution in [3.63, 3.8) is 0 Å². The van der Waals surface area contributed by atoms with Crippen molar-refractivity contribution >= 4 is 11.8 Å². The van der Waals surface area contributed by atoms with Crippen LogP contribution in [0.25, 0.3) is 0 Å². The van der Waals surface area contributed by atoms with Crippen LogP contribution in [-0.4, -0.2) is 43.9 Å². The fourth-order valence-electron chi connectivity index (χ4n) is 3.75. The summed E-state index contributed by atoms with van der Waals surface area (Å²) in [5, 5.41) is 6.01. The summed E-state index contributed by atoms with van der Waals surface area (Å²) in [7, 11) is 0. The number of morpholine rings is 1. The molecule has 2 heterocycles. The van der Waals surface area contributed by atoms with E-state index in [0.717, 1.165) is 44.2 Å². The summed E-state index contributed by atoms with van der Waals surface area (Å²) in [6.45, 7) is 11.5. The first kappa shape index (κ1) is 19.9. The number of hydrogen-bond donors (Lipinski definition) is 2. The van der Waals surface area contributed by atoms with Crippen LogP contribution in [0.15, 0.2) is 18.3 Å². The normalized spacial score (nSPS) is 21.5. The number of hydrogen-bond acceptors (Lipinski definition) is 4. The molecule has 6 heteroatoms. The molecule has 6 nitrogen and oxygen atoms in total. The van der Waals surface area contributed by atoms with Crippen molar-refractivity contribution < 1.29 is 9.53 Å². The quantitative estimate of drug-likeness (QED) is 0.830. The van der Waals surface area contributed by atoms with Gasteiger partial charge in [0, 0.05) is 32.4 Å². The zero-order chi connectivity index (χ0) is 19.3. The van der Waals surface area contributed by atoms with E-state index in [-0.39, 0.29) is 11.4 Å². The second-order valence-corrected chi connectivity index (χ2v) is 9.14. The standard InChI is InChI=1S/C21H34N4O2/c1-20(2)6-8-21(3,9-7-20)16-24-19(26)23-15-17-4-5-18(22-14-17)25-10-12-27-13-11-25/h4-5,14H,6-13,15-16H2,1-3H3,(H2,23,24,26). The van der Waals surface area contributed by atoms with Crippen molar-refractivity contribution in [1.29, 1.82) is 0 Å². The molecule has 2 aliphatic rings. The first-order valence-corrected chi connectivity index (χ1v) is 10.1. The highest BCUT2D eigenvalue weighted by atomic mass is 16.5. The van der Waals surface area contributed by atoms with Gasteiger partial charge in [-0.3, -0.25) is 0 Å². The van der Waals surface area contributed by atoms with E-state index in [9.17, 15) is 4.79 Å². The Hall–Kier alpha value is -1.82. The van der Waals surface area contributed by atoms with Crippen LogP contribution in [0.3, 0.4) is 0 Å². The van der Waals surface area contributed by atoms with Gasteiger partial charge in [0.15, 0.2) is 0 Å². The Bertz CT molecular complexity index is 614. The van der Waals surface area contributed by atoms with E-state index in [1.807, 2.05) is 18.3 Å². The van der Waals surface area contributed by atoms with Gasteiger partial charge in [-0.1, -0.05) is 26.8 Å². The highest BCUT2D eigenvalue weighted by Crippen LogP contribution is 2.44. The van der Waals surface area contributed by atoms with E-state index in [1.165, 1.54) is 25.7 Å². The van der Waals surface area contributed by atoms with E-state index in [4.69, 9.17) is 4.74 Å². The molecule has 0 atom stereocenters. The molecule has 150 valence electrons. The SMILES string of the molecule is CC1(C)CCC(C)(CNC(=O)NCc2ccc(N3CCOCC3)nc2)CC1. The van der Waals surface area contributed by atoms with Crippen LogP contribution in [0.4, 0.5) is 10.6 Å². The summed E-state index contributed by atoms with van der Waals surface area (Å²) < 4.78 is 5.37. The van der Waals surface area contributed by atoms with E-state index >= 15 is 0 Å². The average molecular weight is 375 g/mol. The van der Waals surface area contributed by atoms with Crippen LogP contribution in [0, 0.1) is 10.8 Å². The van der Waals surface area contributed by atoms with Crippen molar-refractivity contribution in [2.24, 2.45) is 10.8 Å². The zero-order valence-corrected chi connectivity index (χ0v) is 17.0. The average Bonchev–Trinajstić information content (AvgIpc) is 2.69. The summed E-state index contributed by atoms with van der Waals surface area (Å²) in [4.78, 5) is 18.9. The summed E-state index contributed by atoms with van der Waals surface area (Å²) in [6, 6.07) is 3.95. The number of anilines is 1. The molecule has 1 saturated heterocycles. The molecule has 0 radical (unpaired) electrons. The van der Waals surface area contributed by atoms with Crippen molar-refractivity contribution in [3.05, 3.63) is 23.9 Å². The number of pyridine rings is 1. The fourth-order valence-corrected chi connectivity index (χ4v) is 3.75. The minimum Gasteiger partial charge on any atom is -0.378 e. The third kappa shape index (κ3) is 5.83. The Morgan fingerprint density at radius 2 is 1.81 bits per heavy atom. The van der Waals surface area contributed by atoms with Gasteiger partial charge in [-0.15, -0.1) is 0 Å². The number of amides is 2. The summed E-state index contributed by atoms with van der Waals surface area (Å²) in [5.74, 6) is 0.972. The summed E-state index contributed by atoms with van der Waals surface area (Å²) in [5.41, 5.74) is 1.67. The van der Waals surface area contributed by atoms with Crippen molar-refractivity contribution in [1.82, 2.24) is 15.6 Å². The molecule has 0 aromatic carbocycles. The molecule has 1 aliphatic carbocycles. The number of carbonyl (C=O) groups is 1. The van der Waals surface area contributed by atoms with Crippen LogP contribution < -0.4 is 15.5 Å². The van der Waals surface area contributed by atoms with Gasteiger partial charge in [-0.25, -0.2) is 9.78 Å². The molecule has 0 bridgehead atoms. The Kier molecular flexibility index (Phi) is 6.25. The molecule has 1 saturated carbocycles. The molecule has 27 heavy (non-hydrogen) atoms. The van der Waals surface area contributed by atoms with E-state index in [2.05, 4.69) is 41.3 Å². The van der Waals surface area contributed by atoms with E-state index in [0.29, 0.717) is 12.0 Å². The Balaban J connectivity index is 1.40. The second kappa shape index (κ2) is 8.46. The smallest absolute Gasteiger partial charge is 0.315 e. The van der Waals surface area contributed by atoms with Crippen LogP contribution in [0.1, 0.15) is 52.0 Å². The van der Waals surface area contributed by atoms with Gasteiger partial charge >= 0.3 is 6.03 Å². The lowest BCUT2D eigenvalue weighted by Crippen LogP contribution is -2.43. The third-order valence-electron chi connectivity index (χ3n) is 6.08. The van der Waals surface area contributed by atoms with Crippen LogP contribution in [0.5, 0.6) is 0 Å². The highest BCUT2D eigenvalue weighted by Gasteiger charge is 2.34. The molecule has 1 aromatic rings. The minimum atomic E-state index is -0.0988. The van der Waals surface area contributed by atoms with Gasteiger partial charge in [0.2, 0.25) is 0 Å². The van der Waals surface area contributed by atoms with Crippen LogP contribution in [-0.2, 0) is 11.3 Å². The monoisotopic (exact) mass is 374 g/mol. The number of nitrogens with one attached hydrogen (secondary N) is 2. The Morgan fingerprint density at radius 3 is 2.44 bits per heavy atom. The summed E-state index contributed by atoms with van der Waals surface area (Å²) in [6.07, 6.45) is 6.65. The number of rotatable bonds is 5. The molecule has 0 unspecified atom stereocenters. The minimum absolute atomic E-state index is 0.0988. The Labute approximate surface area is 163 Å². The maximum absolute atomic E-state index is 12.2. The van der Waals surface area contributed by atoms with Gasteiger partial charge in [-0.05, 0) is 48.1 Å². The molecular formula is C21H34N4O2. The number of carbonyl (C=O) groups excluding carboxylic acids is 1. The van der Waals surface area contributed by atoms with Crippen molar-refractivity contribution in [2.45, 2.75) is 53.0 Å². The lowest BCUT2D eigenvalue weighted by Gasteiger charge is -2.41. The molecule has 2 N–H and O–H groups in total. The number of aromatic nitrogens is 1. The van der Waals surface area contributed by atoms with Gasteiger partial charge in [0.25, 0.3) is 0 Å². The lowest BCUT2D eigenvalue weighted by molar-refractivity contribution is 0.117. The number of urea groups is 1. The maximum atomic E-state index is 12.2. The molecule has 2 amide bonds. The van der Waals surface area contributed by atoms with Gasteiger partial charge < -0.3 is 20.3 Å².